The Labute approximate surface area is 131 Å². The number of carboxylic acid groups (broad SMARTS) is 1. The Morgan fingerprint density at radius 1 is 1.48 bits per heavy atom. The van der Waals surface area contributed by atoms with Crippen LogP contribution in [0.4, 0.5) is 10.5 Å². The number of benzene rings is 1. The lowest BCUT2D eigenvalue weighted by Crippen LogP contribution is -2.35. The fourth-order valence-corrected chi connectivity index (χ4v) is 2.72. The molecule has 0 aliphatic carbocycles. The number of halogens is 1. The van der Waals surface area contributed by atoms with E-state index in [1.165, 1.54) is 6.07 Å². The number of urea groups is 1. The molecular formula is C14H17BrN2O4. The predicted molar refractivity (Wildman–Crippen MR) is 81.6 cm³/mol. The summed E-state index contributed by atoms with van der Waals surface area (Å²) in [6, 6.07) is 4.29. The number of carbonyl (C=O) groups excluding carboxylic acids is 1. The molecule has 1 aromatic rings. The first-order chi connectivity index (χ1) is 9.99. The molecule has 0 radical (unpaired) electrons. The van der Waals surface area contributed by atoms with Crippen LogP contribution in [0.3, 0.4) is 0 Å². The van der Waals surface area contributed by atoms with Crippen molar-refractivity contribution in [2.75, 3.05) is 18.5 Å². The smallest absolute Gasteiger partial charge is 0.337 e. The lowest BCUT2D eigenvalue weighted by molar-refractivity contribution is 0.0698. The Morgan fingerprint density at radius 2 is 2.24 bits per heavy atom. The summed E-state index contributed by atoms with van der Waals surface area (Å²) in [6.07, 6.45) is 1.04. The maximum atomic E-state index is 11.9. The predicted octanol–water partition coefficient (Wildman–Crippen LogP) is 2.69. The standard InChI is InChI=1S/C14H17BrN2O4/c1-8-9(5-6-21-8)7-16-14(20)17-12-10(13(18)19)3-2-4-11(12)15/h2-4,8-9H,5-7H2,1H3,(H,18,19)(H2,16,17,20). The molecular weight excluding hydrogens is 340 g/mol. The van der Waals surface area contributed by atoms with Gasteiger partial charge in [-0.05, 0) is 41.4 Å². The average Bonchev–Trinajstić information content (AvgIpc) is 2.84. The number of amides is 2. The number of ether oxygens (including phenoxy) is 1. The second-order valence-corrected chi connectivity index (χ2v) is 5.78. The van der Waals surface area contributed by atoms with Crippen molar-refractivity contribution in [1.29, 1.82) is 0 Å². The number of nitrogens with one attached hydrogen (secondary N) is 2. The highest BCUT2D eigenvalue weighted by molar-refractivity contribution is 9.10. The van der Waals surface area contributed by atoms with Crippen LogP contribution in [0, 0.1) is 5.92 Å². The number of anilines is 1. The number of para-hydroxylation sites is 1. The third-order valence-electron chi connectivity index (χ3n) is 3.54. The van der Waals surface area contributed by atoms with Gasteiger partial charge in [-0.3, -0.25) is 0 Å². The van der Waals surface area contributed by atoms with Crippen molar-refractivity contribution >= 4 is 33.6 Å². The fourth-order valence-electron chi connectivity index (χ4n) is 2.26. The molecule has 1 aromatic carbocycles. The Hall–Kier alpha value is -1.60. The van der Waals surface area contributed by atoms with Gasteiger partial charge in [-0.2, -0.15) is 0 Å². The van der Waals surface area contributed by atoms with Gasteiger partial charge in [0.25, 0.3) is 0 Å². The lowest BCUT2D eigenvalue weighted by Gasteiger charge is -2.16. The second kappa shape index (κ2) is 6.91. The van der Waals surface area contributed by atoms with Gasteiger partial charge in [0.15, 0.2) is 0 Å². The summed E-state index contributed by atoms with van der Waals surface area (Å²) in [5, 5.41) is 14.5. The summed E-state index contributed by atoms with van der Waals surface area (Å²) in [7, 11) is 0. The van der Waals surface area contributed by atoms with E-state index in [0.717, 1.165) is 6.42 Å². The lowest BCUT2D eigenvalue weighted by atomic mass is 10.0. The average molecular weight is 357 g/mol. The molecule has 2 amide bonds. The van der Waals surface area contributed by atoms with Crippen LogP contribution in [0.15, 0.2) is 22.7 Å². The molecule has 2 rings (SSSR count). The van der Waals surface area contributed by atoms with Crippen LogP contribution in [-0.4, -0.2) is 36.4 Å². The van der Waals surface area contributed by atoms with Gasteiger partial charge in [0.2, 0.25) is 0 Å². The van der Waals surface area contributed by atoms with Gasteiger partial charge in [0.1, 0.15) is 0 Å². The molecule has 21 heavy (non-hydrogen) atoms. The normalized spacial score (nSPS) is 21.0. The molecule has 1 aliphatic rings. The minimum atomic E-state index is -1.09. The van der Waals surface area contributed by atoms with E-state index < -0.39 is 12.0 Å². The summed E-state index contributed by atoms with van der Waals surface area (Å²) in [6.45, 7) is 3.19. The van der Waals surface area contributed by atoms with Gasteiger partial charge in [0, 0.05) is 23.5 Å². The first-order valence-corrected chi connectivity index (χ1v) is 7.46. The van der Waals surface area contributed by atoms with E-state index in [2.05, 4.69) is 26.6 Å². The van der Waals surface area contributed by atoms with E-state index in [0.29, 0.717) is 17.6 Å². The number of rotatable bonds is 4. The molecule has 0 bridgehead atoms. The number of aromatic carboxylic acids is 1. The molecule has 1 aliphatic heterocycles. The summed E-state index contributed by atoms with van der Waals surface area (Å²) < 4.78 is 5.95. The maximum absolute atomic E-state index is 11.9. The van der Waals surface area contributed by atoms with Crippen LogP contribution in [0.25, 0.3) is 0 Å². The van der Waals surface area contributed by atoms with Crippen LogP contribution < -0.4 is 10.6 Å². The minimum Gasteiger partial charge on any atom is -0.478 e. The minimum absolute atomic E-state index is 0.0390. The fraction of sp³-hybridized carbons (Fsp3) is 0.429. The van der Waals surface area contributed by atoms with Crippen molar-refractivity contribution in [2.45, 2.75) is 19.4 Å². The zero-order valence-electron chi connectivity index (χ0n) is 11.6. The highest BCUT2D eigenvalue weighted by atomic mass is 79.9. The molecule has 0 saturated carbocycles. The van der Waals surface area contributed by atoms with Crippen LogP contribution >= 0.6 is 15.9 Å². The van der Waals surface area contributed by atoms with Gasteiger partial charge in [-0.25, -0.2) is 9.59 Å². The summed E-state index contributed by atoms with van der Waals surface area (Å²) in [4.78, 5) is 23.1. The van der Waals surface area contributed by atoms with Crippen molar-refractivity contribution < 1.29 is 19.4 Å². The summed E-state index contributed by atoms with van der Waals surface area (Å²) >= 11 is 3.25. The van der Waals surface area contributed by atoms with Gasteiger partial charge in [-0.15, -0.1) is 0 Å². The van der Waals surface area contributed by atoms with Crippen molar-refractivity contribution in [3.63, 3.8) is 0 Å². The SMILES string of the molecule is CC1OCCC1CNC(=O)Nc1c(Br)cccc1C(=O)O. The van der Waals surface area contributed by atoms with Crippen LogP contribution in [0.2, 0.25) is 0 Å². The maximum Gasteiger partial charge on any atom is 0.337 e. The highest BCUT2D eigenvalue weighted by Crippen LogP contribution is 2.26. The van der Waals surface area contributed by atoms with Crippen molar-refractivity contribution in [2.24, 2.45) is 5.92 Å². The van der Waals surface area contributed by atoms with Crippen molar-refractivity contribution in [3.05, 3.63) is 28.2 Å². The number of carboxylic acids is 1. The molecule has 2 atom stereocenters. The van der Waals surface area contributed by atoms with Gasteiger partial charge in [0.05, 0.1) is 17.4 Å². The van der Waals surface area contributed by atoms with Crippen LogP contribution in [0.1, 0.15) is 23.7 Å². The van der Waals surface area contributed by atoms with E-state index in [-0.39, 0.29) is 23.3 Å². The van der Waals surface area contributed by atoms with Gasteiger partial charge in [-0.1, -0.05) is 6.07 Å². The third kappa shape index (κ3) is 3.95. The first-order valence-electron chi connectivity index (χ1n) is 6.67. The van der Waals surface area contributed by atoms with E-state index >= 15 is 0 Å². The molecule has 114 valence electrons. The topological polar surface area (TPSA) is 87.7 Å². The molecule has 1 heterocycles. The largest absolute Gasteiger partial charge is 0.478 e. The van der Waals surface area contributed by atoms with Gasteiger partial charge < -0.3 is 20.5 Å². The third-order valence-corrected chi connectivity index (χ3v) is 4.20. The molecule has 1 saturated heterocycles. The first kappa shape index (κ1) is 15.8. The number of hydrogen-bond acceptors (Lipinski definition) is 3. The number of carbonyl (C=O) groups is 2. The zero-order chi connectivity index (χ0) is 15.4. The number of hydrogen-bond donors (Lipinski definition) is 3. The van der Waals surface area contributed by atoms with E-state index in [9.17, 15) is 9.59 Å². The molecule has 6 nitrogen and oxygen atoms in total. The quantitative estimate of drug-likeness (QED) is 0.773. The second-order valence-electron chi connectivity index (χ2n) is 4.93. The molecule has 7 heteroatoms. The summed E-state index contributed by atoms with van der Waals surface area (Å²) in [5.74, 6) is -0.807. The molecule has 2 unspecified atom stereocenters. The Kier molecular flexibility index (Phi) is 5.19. The summed E-state index contributed by atoms with van der Waals surface area (Å²) in [5.41, 5.74) is 0.287. The van der Waals surface area contributed by atoms with Gasteiger partial charge >= 0.3 is 12.0 Å². The highest BCUT2D eigenvalue weighted by Gasteiger charge is 2.24. The molecule has 3 N–H and O–H groups in total. The Balaban J connectivity index is 1.98. The Morgan fingerprint density at radius 3 is 2.86 bits per heavy atom. The van der Waals surface area contributed by atoms with E-state index in [1.807, 2.05) is 6.92 Å². The zero-order valence-corrected chi connectivity index (χ0v) is 13.1. The Bertz CT molecular complexity index is 550. The molecule has 1 fully saturated rings. The monoisotopic (exact) mass is 356 g/mol. The van der Waals surface area contributed by atoms with Crippen LogP contribution in [0.5, 0.6) is 0 Å². The van der Waals surface area contributed by atoms with Crippen molar-refractivity contribution in [3.8, 4) is 0 Å². The van der Waals surface area contributed by atoms with E-state index in [1.54, 1.807) is 12.1 Å². The van der Waals surface area contributed by atoms with Crippen LogP contribution in [-0.2, 0) is 4.74 Å². The van der Waals surface area contributed by atoms with E-state index in [4.69, 9.17) is 9.84 Å². The molecule has 0 spiro atoms. The van der Waals surface area contributed by atoms with Crippen molar-refractivity contribution in [1.82, 2.24) is 5.32 Å². The molecule has 0 aromatic heterocycles.